The molecule has 1 N–H and O–H groups in total. The van der Waals surface area contributed by atoms with Gasteiger partial charge < -0.3 is 5.32 Å². The molecule has 0 spiro atoms. The van der Waals surface area contributed by atoms with Gasteiger partial charge in [-0.3, -0.25) is 19.5 Å². The Morgan fingerprint density at radius 2 is 1.43 bits per heavy atom. The maximum atomic E-state index is 12.8. The van der Waals surface area contributed by atoms with Crippen LogP contribution in [0, 0.1) is 5.92 Å². The van der Waals surface area contributed by atoms with E-state index in [0.29, 0.717) is 29.3 Å². The Morgan fingerprint density at radius 3 is 2.08 bits per heavy atom. The number of rotatable bonds is 8. The van der Waals surface area contributed by atoms with Crippen molar-refractivity contribution in [3.63, 3.8) is 0 Å². The van der Waals surface area contributed by atoms with Crippen LogP contribution in [0.4, 0.5) is 5.69 Å². The smallest absolute Gasteiger partial charge is 0.257 e. The number of carbonyl (C=O) groups is 2. The summed E-state index contributed by atoms with van der Waals surface area (Å²) in [5, 5.41) is 2.90. The molecule has 37 heavy (non-hydrogen) atoms. The molecule has 0 atom stereocenters. The zero-order valence-corrected chi connectivity index (χ0v) is 20.8. The zero-order valence-electron chi connectivity index (χ0n) is 20.8. The minimum atomic E-state index is -0.246. The van der Waals surface area contributed by atoms with Crippen molar-refractivity contribution in [1.82, 2.24) is 9.88 Å². The fourth-order valence-corrected chi connectivity index (χ4v) is 4.83. The Kier molecular flexibility index (Phi) is 7.82. The van der Waals surface area contributed by atoms with E-state index < -0.39 is 0 Å². The number of anilines is 1. The second-order valence-corrected chi connectivity index (χ2v) is 9.66. The number of Topliss-reactive ketones (excluding diaryl/α,β-unsaturated/α-hetero) is 1. The number of pyridine rings is 1. The molecule has 1 aliphatic heterocycles. The first kappa shape index (κ1) is 24.6. The summed E-state index contributed by atoms with van der Waals surface area (Å²) in [6.07, 6.45) is 4.03. The number of nitrogens with one attached hydrogen (secondary N) is 1. The summed E-state index contributed by atoms with van der Waals surface area (Å²) in [4.78, 5) is 32.3. The van der Waals surface area contributed by atoms with Crippen molar-refractivity contribution in [3.05, 3.63) is 120 Å². The third kappa shape index (κ3) is 6.57. The highest BCUT2D eigenvalue weighted by Gasteiger charge is 2.22. The van der Waals surface area contributed by atoms with Crippen LogP contribution in [0.2, 0.25) is 0 Å². The van der Waals surface area contributed by atoms with E-state index in [9.17, 15) is 9.59 Å². The highest BCUT2D eigenvalue weighted by molar-refractivity contribution is 6.04. The third-order valence-corrected chi connectivity index (χ3v) is 6.99. The lowest BCUT2D eigenvalue weighted by Crippen LogP contribution is -2.34. The van der Waals surface area contributed by atoms with Gasteiger partial charge in [0, 0.05) is 24.8 Å². The van der Waals surface area contributed by atoms with E-state index in [1.807, 2.05) is 48.5 Å². The first-order chi connectivity index (χ1) is 18.1. The SMILES string of the molecule is O=C(Nc1ccc(-c2ccccc2)cc1)c1ccc(C(=O)CC2CCN(Cc3ccccc3)CC2)nc1. The molecule has 1 amide bonds. The molecule has 2 heterocycles. The van der Waals surface area contributed by atoms with Crippen LogP contribution in [0.25, 0.3) is 11.1 Å². The summed E-state index contributed by atoms with van der Waals surface area (Å²) in [6, 6.07) is 31.7. The Morgan fingerprint density at radius 1 is 0.784 bits per heavy atom. The molecule has 3 aromatic carbocycles. The van der Waals surface area contributed by atoms with E-state index in [0.717, 1.165) is 43.6 Å². The molecule has 5 rings (SSSR count). The molecule has 4 aromatic rings. The van der Waals surface area contributed by atoms with Crippen LogP contribution >= 0.6 is 0 Å². The van der Waals surface area contributed by atoms with E-state index in [1.165, 1.54) is 11.8 Å². The van der Waals surface area contributed by atoms with E-state index in [1.54, 1.807) is 12.1 Å². The molecule has 0 saturated carbocycles. The fourth-order valence-electron chi connectivity index (χ4n) is 4.83. The standard InChI is InChI=1S/C32H31N3O2/c36-31(21-24-17-19-35(20-18-24)23-25-7-3-1-4-8-25)30-16-13-28(22-33-30)32(37)34-29-14-11-27(12-15-29)26-9-5-2-6-10-26/h1-16,22,24H,17-21,23H2,(H,34,37). The molecular weight excluding hydrogens is 458 g/mol. The first-order valence-corrected chi connectivity index (χ1v) is 12.9. The molecule has 0 bridgehead atoms. The fraction of sp³-hybridized carbons (Fsp3) is 0.219. The highest BCUT2D eigenvalue weighted by Crippen LogP contribution is 2.24. The van der Waals surface area contributed by atoms with Gasteiger partial charge in [0.1, 0.15) is 5.69 Å². The molecule has 5 nitrogen and oxygen atoms in total. The number of carbonyl (C=O) groups excluding carboxylic acids is 2. The van der Waals surface area contributed by atoms with Gasteiger partial charge in [-0.1, -0.05) is 72.8 Å². The molecule has 1 fully saturated rings. The minimum Gasteiger partial charge on any atom is -0.322 e. The van der Waals surface area contributed by atoms with E-state index in [4.69, 9.17) is 0 Å². The van der Waals surface area contributed by atoms with Crippen molar-refractivity contribution in [2.75, 3.05) is 18.4 Å². The topological polar surface area (TPSA) is 62.3 Å². The number of hydrogen-bond donors (Lipinski definition) is 1. The predicted octanol–water partition coefficient (Wildman–Crippen LogP) is 6.49. The maximum Gasteiger partial charge on any atom is 0.257 e. The van der Waals surface area contributed by atoms with E-state index in [2.05, 4.69) is 51.6 Å². The molecule has 5 heteroatoms. The van der Waals surface area contributed by atoms with Crippen LogP contribution in [0.1, 0.15) is 45.7 Å². The second-order valence-electron chi connectivity index (χ2n) is 9.66. The van der Waals surface area contributed by atoms with Gasteiger partial charge in [0.25, 0.3) is 5.91 Å². The number of benzene rings is 3. The number of nitrogens with zero attached hydrogens (tertiary/aromatic N) is 2. The molecular formula is C32H31N3O2. The Labute approximate surface area is 218 Å². The van der Waals surface area contributed by atoms with Crippen molar-refractivity contribution in [1.29, 1.82) is 0 Å². The van der Waals surface area contributed by atoms with Crippen molar-refractivity contribution in [3.8, 4) is 11.1 Å². The normalized spacial score (nSPS) is 14.3. The van der Waals surface area contributed by atoms with Gasteiger partial charge in [-0.15, -0.1) is 0 Å². The Hall–Kier alpha value is -4.09. The number of aromatic nitrogens is 1. The van der Waals surface area contributed by atoms with Crippen LogP contribution in [0.5, 0.6) is 0 Å². The van der Waals surface area contributed by atoms with E-state index >= 15 is 0 Å². The van der Waals surface area contributed by atoms with Gasteiger partial charge in [-0.05, 0) is 72.8 Å². The molecule has 0 unspecified atom stereocenters. The monoisotopic (exact) mass is 489 g/mol. The van der Waals surface area contributed by atoms with E-state index in [-0.39, 0.29) is 11.7 Å². The maximum absolute atomic E-state index is 12.8. The molecule has 186 valence electrons. The third-order valence-electron chi connectivity index (χ3n) is 6.99. The average molecular weight is 490 g/mol. The van der Waals surface area contributed by atoms with Gasteiger partial charge in [0.2, 0.25) is 0 Å². The molecule has 0 aliphatic carbocycles. The summed E-state index contributed by atoms with van der Waals surface area (Å²) < 4.78 is 0. The Bertz CT molecular complexity index is 1310. The summed E-state index contributed by atoms with van der Waals surface area (Å²) in [7, 11) is 0. The summed E-state index contributed by atoms with van der Waals surface area (Å²) in [5.41, 5.74) is 5.11. The minimum absolute atomic E-state index is 0.0463. The number of likely N-dealkylation sites (tertiary alicyclic amines) is 1. The molecule has 0 radical (unpaired) electrons. The number of ketones is 1. The van der Waals surface area contributed by atoms with Gasteiger partial charge >= 0.3 is 0 Å². The van der Waals surface area contributed by atoms with Crippen molar-refractivity contribution < 1.29 is 9.59 Å². The molecule has 1 aliphatic rings. The highest BCUT2D eigenvalue weighted by atomic mass is 16.1. The number of piperidine rings is 1. The average Bonchev–Trinajstić information content (AvgIpc) is 2.95. The van der Waals surface area contributed by atoms with Crippen LogP contribution in [-0.2, 0) is 6.54 Å². The second kappa shape index (κ2) is 11.8. The largest absolute Gasteiger partial charge is 0.322 e. The van der Waals surface area contributed by atoms with Crippen LogP contribution < -0.4 is 5.32 Å². The first-order valence-electron chi connectivity index (χ1n) is 12.9. The van der Waals surface area contributed by atoms with Crippen LogP contribution in [0.15, 0.2) is 103 Å². The predicted molar refractivity (Wildman–Crippen MR) is 147 cm³/mol. The summed E-state index contributed by atoms with van der Waals surface area (Å²) in [6.45, 7) is 2.97. The van der Waals surface area contributed by atoms with Crippen molar-refractivity contribution >= 4 is 17.4 Å². The van der Waals surface area contributed by atoms with Crippen LogP contribution in [0.3, 0.4) is 0 Å². The lowest BCUT2D eigenvalue weighted by Gasteiger charge is -2.31. The van der Waals surface area contributed by atoms with Gasteiger partial charge in [0.05, 0.1) is 5.56 Å². The molecule has 1 aromatic heterocycles. The lowest BCUT2D eigenvalue weighted by atomic mass is 9.90. The van der Waals surface area contributed by atoms with Crippen molar-refractivity contribution in [2.45, 2.75) is 25.8 Å². The molecule has 1 saturated heterocycles. The quantitative estimate of drug-likeness (QED) is 0.288. The van der Waals surface area contributed by atoms with Gasteiger partial charge in [0.15, 0.2) is 5.78 Å². The zero-order chi connectivity index (χ0) is 25.5. The van der Waals surface area contributed by atoms with Crippen LogP contribution in [-0.4, -0.2) is 34.7 Å². The number of amides is 1. The van der Waals surface area contributed by atoms with Crippen molar-refractivity contribution in [2.24, 2.45) is 5.92 Å². The Balaban J connectivity index is 1.10. The summed E-state index contributed by atoms with van der Waals surface area (Å²) >= 11 is 0. The van der Waals surface area contributed by atoms with Gasteiger partial charge in [-0.2, -0.15) is 0 Å². The lowest BCUT2D eigenvalue weighted by molar-refractivity contribution is 0.0918. The number of hydrogen-bond acceptors (Lipinski definition) is 4. The van der Waals surface area contributed by atoms with Gasteiger partial charge in [-0.25, -0.2) is 0 Å². The summed E-state index contributed by atoms with van der Waals surface area (Å²) in [5.74, 6) is 0.179.